The first-order chi connectivity index (χ1) is 8.69. The van der Waals surface area contributed by atoms with Crippen molar-refractivity contribution in [3.63, 3.8) is 0 Å². The second-order valence-electron chi connectivity index (χ2n) is 3.57. The third-order valence-corrected chi connectivity index (χ3v) is 2.99. The number of halogens is 1. The van der Waals surface area contributed by atoms with E-state index < -0.39 is 5.97 Å². The molecule has 2 aromatic rings. The first-order valence-corrected chi connectivity index (χ1v) is 6.39. The summed E-state index contributed by atoms with van der Waals surface area (Å²) in [4.78, 5) is 11.0. The second-order valence-corrected chi connectivity index (χ2v) is 4.81. The number of rotatable bonds is 3. The van der Waals surface area contributed by atoms with Gasteiger partial charge in [-0.05, 0) is 52.9 Å². The average Bonchev–Trinajstić information content (AvgIpc) is 2.84. The molecule has 0 radical (unpaired) electrons. The predicted octanol–water partition coefficient (Wildman–Crippen LogP) is 3.74. The minimum atomic E-state index is -0.401. The SMILES string of the molecule is COC(=O)/C=C/c1ccc(-c2cccc(I)c2)o1. The lowest BCUT2D eigenvalue weighted by Crippen LogP contribution is -1.92. The van der Waals surface area contributed by atoms with E-state index in [-0.39, 0.29) is 0 Å². The summed E-state index contributed by atoms with van der Waals surface area (Å²) >= 11 is 2.25. The van der Waals surface area contributed by atoms with E-state index in [4.69, 9.17) is 4.42 Å². The van der Waals surface area contributed by atoms with Crippen LogP contribution >= 0.6 is 22.6 Å². The van der Waals surface area contributed by atoms with Crippen LogP contribution in [0.3, 0.4) is 0 Å². The number of ether oxygens (including phenoxy) is 1. The first kappa shape index (κ1) is 12.9. The van der Waals surface area contributed by atoms with Gasteiger partial charge in [-0.2, -0.15) is 0 Å². The maximum Gasteiger partial charge on any atom is 0.330 e. The van der Waals surface area contributed by atoms with Gasteiger partial charge in [0.05, 0.1) is 7.11 Å². The first-order valence-electron chi connectivity index (χ1n) is 5.31. The Hall–Kier alpha value is -1.56. The third-order valence-electron chi connectivity index (χ3n) is 2.32. The monoisotopic (exact) mass is 354 g/mol. The van der Waals surface area contributed by atoms with Crippen LogP contribution in [0.5, 0.6) is 0 Å². The highest BCUT2D eigenvalue weighted by Crippen LogP contribution is 2.24. The van der Waals surface area contributed by atoms with Gasteiger partial charge in [0.2, 0.25) is 0 Å². The predicted molar refractivity (Wildman–Crippen MR) is 77.9 cm³/mol. The molecule has 0 aliphatic rings. The largest absolute Gasteiger partial charge is 0.466 e. The van der Waals surface area contributed by atoms with Gasteiger partial charge in [-0.3, -0.25) is 0 Å². The normalized spacial score (nSPS) is 10.8. The molecule has 0 saturated carbocycles. The summed E-state index contributed by atoms with van der Waals surface area (Å²) in [5.41, 5.74) is 1.01. The Morgan fingerprint density at radius 1 is 1.33 bits per heavy atom. The van der Waals surface area contributed by atoms with Crippen LogP contribution in [-0.2, 0) is 9.53 Å². The molecule has 1 heterocycles. The summed E-state index contributed by atoms with van der Waals surface area (Å²) in [6, 6.07) is 11.7. The molecule has 4 heteroatoms. The number of furan rings is 1. The molecular weight excluding hydrogens is 343 g/mol. The van der Waals surface area contributed by atoms with Gasteiger partial charge in [0.15, 0.2) is 0 Å². The Bertz CT molecular complexity index is 584. The van der Waals surface area contributed by atoms with E-state index in [1.54, 1.807) is 6.08 Å². The van der Waals surface area contributed by atoms with Gasteiger partial charge in [0.25, 0.3) is 0 Å². The summed E-state index contributed by atoms with van der Waals surface area (Å²) in [6.45, 7) is 0. The zero-order chi connectivity index (χ0) is 13.0. The van der Waals surface area contributed by atoms with Crippen LogP contribution in [0.15, 0.2) is 46.9 Å². The van der Waals surface area contributed by atoms with Gasteiger partial charge in [-0.15, -0.1) is 0 Å². The van der Waals surface area contributed by atoms with Crippen LogP contribution < -0.4 is 0 Å². The molecule has 2 rings (SSSR count). The third kappa shape index (κ3) is 3.22. The summed E-state index contributed by atoms with van der Waals surface area (Å²) in [5, 5.41) is 0. The molecule has 0 aliphatic heterocycles. The number of carbonyl (C=O) groups excluding carboxylic acids is 1. The highest BCUT2D eigenvalue weighted by atomic mass is 127. The van der Waals surface area contributed by atoms with Crippen molar-refractivity contribution < 1.29 is 13.9 Å². The lowest BCUT2D eigenvalue weighted by molar-refractivity contribution is -0.134. The molecule has 0 N–H and O–H groups in total. The molecular formula is C14H11IO3. The molecule has 0 fully saturated rings. The number of hydrogen-bond donors (Lipinski definition) is 0. The highest BCUT2D eigenvalue weighted by Gasteiger charge is 2.03. The van der Waals surface area contributed by atoms with Gasteiger partial charge in [-0.25, -0.2) is 4.79 Å². The quantitative estimate of drug-likeness (QED) is 0.479. The van der Waals surface area contributed by atoms with Gasteiger partial charge in [-0.1, -0.05) is 12.1 Å². The molecule has 0 atom stereocenters. The van der Waals surface area contributed by atoms with E-state index in [0.29, 0.717) is 5.76 Å². The van der Waals surface area contributed by atoms with Crippen molar-refractivity contribution in [3.05, 3.63) is 51.8 Å². The average molecular weight is 354 g/mol. The smallest absolute Gasteiger partial charge is 0.330 e. The summed E-state index contributed by atoms with van der Waals surface area (Å²) in [6.07, 6.45) is 2.92. The van der Waals surface area contributed by atoms with Crippen molar-refractivity contribution in [1.29, 1.82) is 0 Å². The van der Waals surface area contributed by atoms with Crippen LogP contribution in [-0.4, -0.2) is 13.1 Å². The van der Waals surface area contributed by atoms with E-state index in [1.807, 2.05) is 36.4 Å². The van der Waals surface area contributed by atoms with Crippen molar-refractivity contribution in [2.24, 2.45) is 0 Å². The van der Waals surface area contributed by atoms with Crippen molar-refractivity contribution in [3.8, 4) is 11.3 Å². The van der Waals surface area contributed by atoms with E-state index >= 15 is 0 Å². The standard InChI is InChI=1S/C14H11IO3/c1-17-14(16)8-6-12-5-7-13(18-12)10-3-2-4-11(15)9-10/h2-9H,1H3/b8-6+. The van der Waals surface area contributed by atoms with Gasteiger partial charge in [0.1, 0.15) is 11.5 Å². The Balaban J connectivity index is 2.20. The molecule has 0 aliphatic carbocycles. The second kappa shape index (κ2) is 5.86. The molecule has 1 aromatic heterocycles. The fourth-order valence-corrected chi connectivity index (χ4v) is 2.00. The lowest BCUT2D eigenvalue weighted by Gasteiger charge is -1.97. The minimum absolute atomic E-state index is 0.401. The number of esters is 1. The van der Waals surface area contributed by atoms with Gasteiger partial charge < -0.3 is 9.15 Å². The molecule has 0 unspecified atom stereocenters. The Morgan fingerprint density at radius 2 is 2.17 bits per heavy atom. The van der Waals surface area contributed by atoms with Crippen LogP contribution in [0.4, 0.5) is 0 Å². The Morgan fingerprint density at radius 3 is 2.89 bits per heavy atom. The maximum atomic E-state index is 11.0. The summed E-state index contributed by atoms with van der Waals surface area (Å²) in [5.74, 6) is 0.995. The molecule has 3 nitrogen and oxygen atoms in total. The number of carbonyl (C=O) groups is 1. The molecule has 0 amide bonds. The maximum absolute atomic E-state index is 11.0. The van der Waals surface area contributed by atoms with Crippen molar-refractivity contribution in [2.45, 2.75) is 0 Å². The fourth-order valence-electron chi connectivity index (χ4n) is 1.46. The lowest BCUT2D eigenvalue weighted by atomic mass is 10.2. The van der Waals surface area contributed by atoms with Crippen molar-refractivity contribution in [2.75, 3.05) is 7.11 Å². The van der Waals surface area contributed by atoms with E-state index in [1.165, 1.54) is 13.2 Å². The van der Waals surface area contributed by atoms with Crippen molar-refractivity contribution in [1.82, 2.24) is 0 Å². The molecule has 92 valence electrons. The number of hydrogen-bond acceptors (Lipinski definition) is 3. The fraction of sp³-hybridized carbons (Fsp3) is 0.0714. The van der Waals surface area contributed by atoms with Crippen LogP contribution in [0.25, 0.3) is 17.4 Å². The van der Waals surface area contributed by atoms with Crippen LogP contribution in [0.2, 0.25) is 0 Å². The Labute approximate surface area is 119 Å². The zero-order valence-corrected chi connectivity index (χ0v) is 11.9. The topological polar surface area (TPSA) is 39.4 Å². The van der Waals surface area contributed by atoms with Gasteiger partial charge >= 0.3 is 5.97 Å². The molecule has 0 bridgehead atoms. The van der Waals surface area contributed by atoms with Crippen LogP contribution in [0, 0.1) is 3.57 Å². The summed E-state index contributed by atoms with van der Waals surface area (Å²) < 4.78 is 11.3. The van der Waals surface area contributed by atoms with Gasteiger partial charge in [0, 0.05) is 15.2 Å². The zero-order valence-electron chi connectivity index (χ0n) is 9.72. The molecule has 18 heavy (non-hydrogen) atoms. The number of methoxy groups -OCH3 is 1. The Kier molecular flexibility index (Phi) is 4.19. The molecule has 0 spiro atoms. The molecule has 1 aromatic carbocycles. The highest BCUT2D eigenvalue weighted by molar-refractivity contribution is 14.1. The van der Waals surface area contributed by atoms with E-state index in [0.717, 1.165) is 14.9 Å². The number of benzene rings is 1. The van der Waals surface area contributed by atoms with E-state index in [9.17, 15) is 4.79 Å². The van der Waals surface area contributed by atoms with E-state index in [2.05, 4.69) is 27.3 Å². The summed E-state index contributed by atoms with van der Waals surface area (Å²) in [7, 11) is 1.34. The minimum Gasteiger partial charge on any atom is -0.466 e. The van der Waals surface area contributed by atoms with Crippen LogP contribution in [0.1, 0.15) is 5.76 Å². The van der Waals surface area contributed by atoms with Crippen molar-refractivity contribution >= 4 is 34.6 Å². The molecule has 0 saturated heterocycles.